The topological polar surface area (TPSA) is 59.8 Å². The van der Waals surface area contributed by atoms with E-state index in [0.717, 1.165) is 17.1 Å². The Morgan fingerprint density at radius 3 is 2.71 bits per heavy atom. The Labute approximate surface area is 145 Å². The van der Waals surface area contributed by atoms with Crippen LogP contribution in [0.1, 0.15) is 41.0 Å². The van der Waals surface area contributed by atoms with E-state index in [2.05, 4.69) is 0 Å². The molecular formula is C18H21NO4S. The third kappa shape index (κ3) is 3.87. The number of aryl methyl sites for hydroxylation is 1. The van der Waals surface area contributed by atoms with Gasteiger partial charge in [-0.15, -0.1) is 11.3 Å². The number of hydrogen-bond acceptors (Lipinski definition) is 5. The van der Waals surface area contributed by atoms with Crippen molar-refractivity contribution < 1.29 is 18.7 Å². The third-order valence-electron chi connectivity index (χ3n) is 4.27. The number of rotatable bonds is 5. The predicted octanol–water partition coefficient (Wildman–Crippen LogP) is 3.50. The highest BCUT2D eigenvalue weighted by Crippen LogP contribution is 2.22. The second-order valence-electron chi connectivity index (χ2n) is 5.87. The van der Waals surface area contributed by atoms with Crippen LogP contribution >= 0.6 is 11.3 Å². The molecule has 0 aromatic carbocycles. The van der Waals surface area contributed by atoms with Gasteiger partial charge in [-0.1, -0.05) is 13.0 Å². The average Bonchev–Trinajstić information content (AvgIpc) is 3.30. The van der Waals surface area contributed by atoms with Gasteiger partial charge in [0.15, 0.2) is 5.76 Å². The van der Waals surface area contributed by atoms with Gasteiger partial charge in [-0.3, -0.25) is 9.59 Å². The summed E-state index contributed by atoms with van der Waals surface area (Å²) in [4.78, 5) is 27.3. The molecule has 1 amide bonds. The summed E-state index contributed by atoms with van der Waals surface area (Å²) in [5, 5.41) is 1.96. The number of esters is 1. The fourth-order valence-electron chi connectivity index (χ4n) is 2.81. The van der Waals surface area contributed by atoms with Crippen molar-refractivity contribution in [1.82, 2.24) is 4.90 Å². The smallest absolute Gasteiger partial charge is 0.309 e. The second-order valence-corrected chi connectivity index (χ2v) is 6.91. The summed E-state index contributed by atoms with van der Waals surface area (Å²) < 4.78 is 10.9. The van der Waals surface area contributed by atoms with Crippen molar-refractivity contribution in [2.45, 2.75) is 32.8 Å². The summed E-state index contributed by atoms with van der Waals surface area (Å²) in [6.45, 7) is 3.43. The summed E-state index contributed by atoms with van der Waals surface area (Å²) in [5.74, 6) is 0.801. The van der Waals surface area contributed by atoms with Crippen molar-refractivity contribution in [3.05, 3.63) is 46.0 Å². The minimum atomic E-state index is -0.165. The molecule has 0 unspecified atom stereocenters. The SMILES string of the molecule is CCc1ccc(C(=O)N2CCC(C(=O)OCc3cccs3)CC2)o1. The fraction of sp³-hybridized carbons (Fsp3) is 0.444. The molecule has 6 heteroatoms. The molecule has 3 rings (SSSR count). The predicted molar refractivity (Wildman–Crippen MR) is 90.8 cm³/mol. The van der Waals surface area contributed by atoms with E-state index in [1.54, 1.807) is 22.3 Å². The van der Waals surface area contributed by atoms with E-state index >= 15 is 0 Å². The van der Waals surface area contributed by atoms with Gasteiger partial charge in [0.25, 0.3) is 5.91 Å². The lowest BCUT2D eigenvalue weighted by atomic mass is 9.97. The molecule has 0 radical (unpaired) electrons. The van der Waals surface area contributed by atoms with Gasteiger partial charge in [-0.05, 0) is 36.4 Å². The molecule has 1 aliphatic heterocycles. The van der Waals surface area contributed by atoms with Crippen LogP contribution in [0.3, 0.4) is 0 Å². The lowest BCUT2D eigenvalue weighted by Gasteiger charge is -2.30. The number of nitrogens with zero attached hydrogens (tertiary/aromatic N) is 1. The van der Waals surface area contributed by atoms with Gasteiger partial charge in [-0.25, -0.2) is 0 Å². The van der Waals surface area contributed by atoms with Crippen molar-refractivity contribution in [3.8, 4) is 0 Å². The maximum Gasteiger partial charge on any atom is 0.309 e. The van der Waals surface area contributed by atoms with E-state index < -0.39 is 0 Å². The van der Waals surface area contributed by atoms with Crippen molar-refractivity contribution >= 4 is 23.2 Å². The molecule has 1 aliphatic rings. The molecule has 3 heterocycles. The standard InChI is InChI=1S/C18H21NO4S/c1-2-14-5-6-16(23-14)17(20)19-9-7-13(8-10-19)18(21)22-12-15-4-3-11-24-15/h3-6,11,13H,2,7-10,12H2,1H3. The number of thiophene rings is 1. The van der Waals surface area contributed by atoms with Crippen molar-refractivity contribution in [2.75, 3.05) is 13.1 Å². The Morgan fingerprint density at radius 2 is 2.08 bits per heavy atom. The highest BCUT2D eigenvalue weighted by Gasteiger charge is 2.29. The van der Waals surface area contributed by atoms with Crippen molar-refractivity contribution in [1.29, 1.82) is 0 Å². The zero-order valence-electron chi connectivity index (χ0n) is 13.7. The molecule has 0 aliphatic carbocycles. The zero-order chi connectivity index (χ0) is 16.9. The average molecular weight is 347 g/mol. The molecule has 2 aromatic rings. The molecule has 1 fully saturated rings. The van der Waals surface area contributed by atoms with E-state index in [-0.39, 0.29) is 17.8 Å². The number of likely N-dealkylation sites (tertiary alicyclic amines) is 1. The third-order valence-corrected chi connectivity index (χ3v) is 5.12. The molecule has 0 atom stereocenters. The number of carbonyl (C=O) groups excluding carboxylic acids is 2. The van der Waals surface area contributed by atoms with Gasteiger partial charge < -0.3 is 14.1 Å². The number of piperidine rings is 1. The Hall–Kier alpha value is -2.08. The van der Waals surface area contributed by atoms with Crippen LogP contribution in [0.4, 0.5) is 0 Å². The minimum Gasteiger partial charge on any atom is -0.460 e. The van der Waals surface area contributed by atoms with E-state index in [1.807, 2.05) is 30.5 Å². The second kappa shape index (κ2) is 7.66. The molecule has 0 bridgehead atoms. The maximum absolute atomic E-state index is 12.4. The maximum atomic E-state index is 12.4. The first-order chi connectivity index (χ1) is 11.7. The van der Waals surface area contributed by atoms with Gasteiger partial charge in [-0.2, -0.15) is 0 Å². The first kappa shape index (κ1) is 16.8. The van der Waals surface area contributed by atoms with Crippen LogP contribution in [0.2, 0.25) is 0 Å². The molecule has 24 heavy (non-hydrogen) atoms. The first-order valence-electron chi connectivity index (χ1n) is 8.24. The van der Waals surface area contributed by atoms with Crippen LogP contribution in [-0.2, 0) is 22.6 Å². The van der Waals surface area contributed by atoms with E-state index in [4.69, 9.17) is 9.15 Å². The molecule has 2 aromatic heterocycles. The number of hydrogen-bond donors (Lipinski definition) is 0. The van der Waals surface area contributed by atoms with Gasteiger partial charge in [0.1, 0.15) is 12.4 Å². The number of carbonyl (C=O) groups is 2. The normalized spacial score (nSPS) is 15.5. The number of ether oxygens (including phenoxy) is 1. The van der Waals surface area contributed by atoms with Crippen LogP contribution in [0.25, 0.3) is 0 Å². The van der Waals surface area contributed by atoms with Crippen LogP contribution in [0, 0.1) is 5.92 Å². The largest absolute Gasteiger partial charge is 0.460 e. The van der Waals surface area contributed by atoms with Gasteiger partial charge >= 0.3 is 5.97 Å². The molecule has 0 saturated carbocycles. The van der Waals surface area contributed by atoms with Gasteiger partial charge in [0, 0.05) is 24.4 Å². The molecule has 1 saturated heterocycles. The van der Waals surface area contributed by atoms with Crippen LogP contribution in [0.5, 0.6) is 0 Å². The summed E-state index contributed by atoms with van der Waals surface area (Å²) in [6, 6.07) is 7.45. The van der Waals surface area contributed by atoms with Crippen LogP contribution < -0.4 is 0 Å². The summed E-state index contributed by atoms with van der Waals surface area (Å²) in [5.41, 5.74) is 0. The molecule has 5 nitrogen and oxygen atoms in total. The molecule has 0 N–H and O–H groups in total. The summed E-state index contributed by atoms with van der Waals surface area (Å²) in [6.07, 6.45) is 2.04. The minimum absolute atomic E-state index is 0.0971. The van der Waals surface area contributed by atoms with Crippen molar-refractivity contribution in [2.24, 2.45) is 5.92 Å². The van der Waals surface area contributed by atoms with Crippen LogP contribution in [0.15, 0.2) is 34.1 Å². The van der Waals surface area contributed by atoms with Gasteiger partial charge in [0.2, 0.25) is 0 Å². The van der Waals surface area contributed by atoms with E-state index in [0.29, 0.717) is 38.3 Å². The highest BCUT2D eigenvalue weighted by molar-refractivity contribution is 7.09. The monoisotopic (exact) mass is 347 g/mol. The Balaban J connectivity index is 1.48. The molecule has 128 valence electrons. The van der Waals surface area contributed by atoms with Gasteiger partial charge in [0.05, 0.1) is 5.92 Å². The molecule has 0 spiro atoms. The summed E-state index contributed by atoms with van der Waals surface area (Å²) in [7, 11) is 0. The fourth-order valence-corrected chi connectivity index (χ4v) is 3.43. The Bertz CT molecular complexity index is 684. The highest BCUT2D eigenvalue weighted by atomic mass is 32.1. The quantitative estimate of drug-likeness (QED) is 0.777. The Morgan fingerprint density at radius 1 is 1.29 bits per heavy atom. The molecular weight excluding hydrogens is 326 g/mol. The van der Waals surface area contributed by atoms with E-state index in [1.165, 1.54) is 0 Å². The number of amides is 1. The lowest BCUT2D eigenvalue weighted by Crippen LogP contribution is -2.40. The first-order valence-corrected chi connectivity index (χ1v) is 9.12. The van der Waals surface area contributed by atoms with E-state index in [9.17, 15) is 9.59 Å². The van der Waals surface area contributed by atoms with Crippen molar-refractivity contribution in [3.63, 3.8) is 0 Å². The Kier molecular flexibility index (Phi) is 5.35. The number of furan rings is 1. The summed E-state index contributed by atoms with van der Waals surface area (Å²) >= 11 is 1.58. The van der Waals surface area contributed by atoms with Crippen LogP contribution in [-0.4, -0.2) is 29.9 Å². The zero-order valence-corrected chi connectivity index (χ0v) is 14.5. The lowest BCUT2D eigenvalue weighted by molar-refractivity contribution is -0.151.